The smallest absolute Gasteiger partial charge is 0.320 e. The molecule has 4 heteroatoms. The summed E-state index contributed by atoms with van der Waals surface area (Å²) < 4.78 is 5.21. The zero-order chi connectivity index (χ0) is 13.8. The monoisotopic (exact) mass is 262 g/mol. The number of hydrogen-bond donors (Lipinski definition) is 1. The van der Waals surface area contributed by atoms with E-state index in [-0.39, 0.29) is 12.1 Å². The van der Waals surface area contributed by atoms with E-state index in [1.165, 1.54) is 0 Å². The summed E-state index contributed by atoms with van der Waals surface area (Å²) in [6.45, 7) is 4.80. The first-order valence-corrected chi connectivity index (χ1v) is 6.83. The predicted molar refractivity (Wildman–Crippen MR) is 75.5 cm³/mol. The molecule has 0 aliphatic heterocycles. The van der Waals surface area contributed by atoms with Crippen LogP contribution in [-0.2, 0) is 16.1 Å². The van der Waals surface area contributed by atoms with Crippen LogP contribution in [0.2, 0.25) is 0 Å². The van der Waals surface area contributed by atoms with Gasteiger partial charge in [-0.25, -0.2) is 0 Å². The molecule has 1 fully saturated rings. The maximum Gasteiger partial charge on any atom is 0.320 e. The van der Waals surface area contributed by atoms with Gasteiger partial charge in [0.15, 0.2) is 0 Å². The molecule has 0 heterocycles. The van der Waals surface area contributed by atoms with Crippen LogP contribution < -0.4 is 5.73 Å². The number of ether oxygens (including phenoxy) is 1. The molecule has 1 aliphatic rings. The van der Waals surface area contributed by atoms with Crippen molar-refractivity contribution < 1.29 is 9.53 Å². The second kappa shape index (κ2) is 6.06. The largest absolute Gasteiger partial charge is 0.462 e. The number of nitrogens with two attached hydrogens (primary N) is 1. The summed E-state index contributed by atoms with van der Waals surface area (Å²) in [5, 5.41) is 0. The average molecular weight is 262 g/mol. The van der Waals surface area contributed by atoms with Gasteiger partial charge >= 0.3 is 5.97 Å². The molecule has 0 unspecified atom stereocenters. The highest BCUT2D eigenvalue weighted by Crippen LogP contribution is 2.29. The number of hydrogen-bond acceptors (Lipinski definition) is 4. The van der Waals surface area contributed by atoms with Crippen molar-refractivity contribution in [3.8, 4) is 0 Å². The minimum Gasteiger partial charge on any atom is -0.462 e. The van der Waals surface area contributed by atoms with Crippen molar-refractivity contribution >= 4 is 11.7 Å². The van der Waals surface area contributed by atoms with Gasteiger partial charge < -0.3 is 10.5 Å². The van der Waals surface area contributed by atoms with E-state index in [0.717, 1.165) is 24.1 Å². The fourth-order valence-electron chi connectivity index (χ4n) is 2.12. The third-order valence-corrected chi connectivity index (χ3v) is 3.19. The summed E-state index contributed by atoms with van der Waals surface area (Å²) in [7, 11) is 0. The molecular weight excluding hydrogens is 240 g/mol. The van der Waals surface area contributed by atoms with Gasteiger partial charge in [0.05, 0.1) is 12.6 Å². The first kappa shape index (κ1) is 13.9. The summed E-state index contributed by atoms with van der Waals surface area (Å²) in [6, 6.07) is 8.31. The minimum atomic E-state index is -0.156. The van der Waals surface area contributed by atoms with E-state index in [1.54, 1.807) is 0 Å². The van der Waals surface area contributed by atoms with Crippen LogP contribution in [0.1, 0.15) is 32.3 Å². The van der Waals surface area contributed by atoms with Gasteiger partial charge in [-0.05, 0) is 38.3 Å². The first-order valence-electron chi connectivity index (χ1n) is 6.83. The molecule has 0 atom stereocenters. The third-order valence-electron chi connectivity index (χ3n) is 3.19. The molecule has 1 aromatic carbocycles. The van der Waals surface area contributed by atoms with Crippen molar-refractivity contribution in [3.63, 3.8) is 0 Å². The summed E-state index contributed by atoms with van der Waals surface area (Å²) in [5.74, 6) is -0.156. The maximum absolute atomic E-state index is 11.8. The van der Waals surface area contributed by atoms with Crippen LogP contribution in [-0.4, -0.2) is 29.6 Å². The molecule has 0 aromatic heterocycles. The van der Waals surface area contributed by atoms with Crippen LogP contribution in [0, 0.1) is 0 Å². The van der Waals surface area contributed by atoms with E-state index in [1.807, 2.05) is 38.1 Å². The van der Waals surface area contributed by atoms with Crippen LogP contribution in [0.25, 0.3) is 0 Å². The molecule has 2 N–H and O–H groups in total. The highest BCUT2D eigenvalue weighted by atomic mass is 16.5. The van der Waals surface area contributed by atoms with Gasteiger partial charge in [0.25, 0.3) is 0 Å². The van der Waals surface area contributed by atoms with Gasteiger partial charge in [0.1, 0.15) is 0 Å². The molecule has 1 aromatic rings. The van der Waals surface area contributed by atoms with Crippen molar-refractivity contribution in [2.75, 3.05) is 12.3 Å². The lowest BCUT2D eigenvalue weighted by atomic mass is 10.1. The van der Waals surface area contributed by atoms with E-state index in [4.69, 9.17) is 10.5 Å². The van der Waals surface area contributed by atoms with Crippen molar-refractivity contribution in [2.45, 2.75) is 45.4 Å². The number of para-hydroxylation sites is 1. The van der Waals surface area contributed by atoms with Crippen LogP contribution in [0.4, 0.5) is 5.69 Å². The fraction of sp³-hybridized carbons (Fsp3) is 0.533. The van der Waals surface area contributed by atoms with Gasteiger partial charge in [-0.1, -0.05) is 18.2 Å². The number of carbonyl (C=O) groups is 1. The van der Waals surface area contributed by atoms with Crippen LogP contribution in [0.15, 0.2) is 24.3 Å². The van der Waals surface area contributed by atoms with Crippen molar-refractivity contribution in [1.82, 2.24) is 4.90 Å². The maximum atomic E-state index is 11.8. The molecule has 0 spiro atoms. The summed E-state index contributed by atoms with van der Waals surface area (Å²) in [5.41, 5.74) is 7.82. The molecule has 19 heavy (non-hydrogen) atoms. The Morgan fingerprint density at radius 3 is 2.68 bits per heavy atom. The Bertz CT molecular complexity index is 442. The summed E-state index contributed by atoms with van der Waals surface area (Å²) in [6.07, 6.45) is 2.25. The van der Waals surface area contributed by atoms with Crippen LogP contribution in [0.3, 0.4) is 0 Å². The molecule has 1 saturated carbocycles. The Hall–Kier alpha value is -1.55. The zero-order valence-electron chi connectivity index (χ0n) is 11.6. The van der Waals surface area contributed by atoms with Crippen molar-refractivity contribution in [1.29, 1.82) is 0 Å². The van der Waals surface area contributed by atoms with E-state index < -0.39 is 0 Å². The topological polar surface area (TPSA) is 55.6 Å². The van der Waals surface area contributed by atoms with E-state index in [2.05, 4.69) is 4.90 Å². The summed E-state index contributed by atoms with van der Waals surface area (Å²) >= 11 is 0. The average Bonchev–Trinajstić information content (AvgIpc) is 3.14. The highest BCUT2D eigenvalue weighted by Gasteiger charge is 2.31. The molecule has 0 saturated heterocycles. The summed E-state index contributed by atoms with van der Waals surface area (Å²) in [4.78, 5) is 13.9. The molecule has 0 radical (unpaired) electrons. The lowest BCUT2D eigenvalue weighted by Crippen LogP contribution is -2.33. The highest BCUT2D eigenvalue weighted by molar-refractivity contribution is 5.72. The minimum absolute atomic E-state index is 0.0599. The number of nitrogen functional groups attached to an aromatic ring is 1. The fourth-order valence-corrected chi connectivity index (χ4v) is 2.12. The number of carbonyl (C=O) groups excluding carboxylic acids is 1. The molecular formula is C15H22N2O2. The van der Waals surface area contributed by atoms with Gasteiger partial charge in [0, 0.05) is 18.3 Å². The van der Waals surface area contributed by atoms with E-state index in [0.29, 0.717) is 19.1 Å². The number of benzene rings is 1. The van der Waals surface area contributed by atoms with Crippen molar-refractivity contribution in [3.05, 3.63) is 29.8 Å². The number of anilines is 1. The Labute approximate surface area is 114 Å². The Balaban J connectivity index is 1.97. The standard InChI is InChI=1S/C15H22N2O2/c1-11(2)19-15(18)10-17(13-7-8-13)9-12-5-3-4-6-14(12)16/h3-6,11,13H,7-10,16H2,1-2H3. The van der Waals surface area contributed by atoms with Gasteiger partial charge in [-0.15, -0.1) is 0 Å². The van der Waals surface area contributed by atoms with E-state index >= 15 is 0 Å². The molecule has 2 rings (SSSR count). The number of rotatable bonds is 6. The Kier molecular flexibility index (Phi) is 4.43. The molecule has 4 nitrogen and oxygen atoms in total. The normalized spacial score (nSPS) is 14.9. The third kappa shape index (κ3) is 4.24. The first-order chi connectivity index (χ1) is 9.06. The lowest BCUT2D eigenvalue weighted by Gasteiger charge is -2.22. The lowest BCUT2D eigenvalue weighted by molar-refractivity contribution is -0.149. The number of esters is 1. The van der Waals surface area contributed by atoms with Crippen LogP contribution >= 0.6 is 0 Å². The number of nitrogens with zero attached hydrogens (tertiary/aromatic N) is 1. The predicted octanol–water partition coefficient (Wildman–Crippen LogP) is 2.18. The molecule has 0 bridgehead atoms. The van der Waals surface area contributed by atoms with Gasteiger partial charge in [-0.2, -0.15) is 0 Å². The van der Waals surface area contributed by atoms with Crippen molar-refractivity contribution in [2.24, 2.45) is 0 Å². The second-order valence-electron chi connectivity index (χ2n) is 5.37. The Morgan fingerprint density at radius 1 is 1.42 bits per heavy atom. The zero-order valence-corrected chi connectivity index (χ0v) is 11.6. The van der Waals surface area contributed by atoms with Gasteiger partial charge in [0.2, 0.25) is 0 Å². The van der Waals surface area contributed by atoms with Crippen LogP contribution in [0.5, 0.6) is 0 Å². The quantitative estimate of drug-likeness (QED) is 0.630. The van der Waals surface area contributed by atoms with Gasteiger partial charge in [-0.3, -0.25) is 9.69 Å². The molecule has 0 amide bonds. The Morgan fingerprint density at radius 2 is 2.11 bits per heavy atom. The SMILES string of the molecule is CC(C)OC(=O)CN(Cc1ccccc1N)C1CC1. The van der Waals surface area contributed by atoms with E-state index in [9.17, 15) is 4.79 Å². The molecule has 104 valence electrons. The molecule has 1 aliphatic carbocycles. The second-order valence-corrected chi connectivity index (χ2v) is 5.37.